The number of pyridine rings is 1. The van der Waals surface area contributed by atoms with Crippen molar-refractivity contribution in [3.8, 4) is 0 Å². The van der Waals surface area contributed by atoms with E-state index in [4.69, 9.17) is 0 Å². The first-order valence-electron chi connectivity index (χ1n) is 6.09. The molecule has 0 aliphatic rings. The lowest BCUT2D eigenvalue weighted by molar-refractivity contribution is 0.218. The molecule has 0 unspecified atom stereocenters. The van der Waals surface area contributed by atoms with Crippen molar-refractivity contribution in [1.82, 2.24) is 24.8 Å². The van der Waals surface area contributed by atoms with E-state index >= 15 is 0 Å². The molecule has 0 saturated heterocycles. The third-order valence-electron chi connectivity index (χ3n) is 2.65. The van der Waals surface area contributed by atoms with Crippen molar-refractivity contribution in [2.75, 3.05) is 32.5 Å². The van der Waals surface area contributed by atoms with E-state index in [0.29, 0.717) is 19.0 Å². The van der Waals surface area contributed by atoms with Gasteiger partial charge in [0, 0.05) is 33.4 Å². The molecule has 0 atom stereocenters. The number of amides is 2. The second kappa shape index (κ2) is 5.55. The molecular formula is C12H18N6O. The number of hydrogen-bond acceptors (Lipinski definition) is 4. The van der Waals surface area contributed by atoms with E-state index in [-0.39, 0.29) is 6.03 Å². The van der Waals surface area contributed by atoms with Crippen LogP contribution < -0.4 is 10.6 Å². The molecule has 2 rings (SSSR count). The summed E-state index contributed by atoms with van der Waals surface area (Å²) in [5, 5.41) is 10.1. The lowest BCUT2D eigenvalue weighted by Crippen LogP contribution is -2.37. The SMILES string of the molecule is Cc1cccn2nc(NCCNC(=O)N(C)C)nc12. The van der Waals surface area contributed by atoms with Crippen LogP contribution in [0, 0.1) is 6.92 Å². The number of aromatic nitrogens is 3. The smallest absolute Gasteiger partial charge is 0.316 e. The molecular weight excluding hydrogens is 244 g/mol. The number of carbonyl (C=O) groups is 1. The van der Waals surface area contributed by atoms with Gasteiger partial charge in [-0.05, 0) is 18.6 Å². The second-order valence-electron chi connectivity index (χ2n) is 4.45. The second-order valence-corrected chi connectivity index (χ2v) is 4.45. The minimum Gasteiger partial charge on any atom is -0.351 e. The van der Waals surface area contributed by atoms with E-state index in [2.05, 4.69) is 20.7 Å². The highest BCUT2D eigenvalue weighted by molar-refractivity contribution is 5.73. The van der Waals surface area contributed by atoms with Gasteiger partial charge < -0.3 is 15.5 Å². The predicted molar refractivity (Wildman–Crippen MR) is 73.3 cm³/mol. The molecule has 2 N–H and O–H groups in total. The number of nitrogens with zero attached hydrogens (tertiary/aromatic N) is 4. The van der Waals surface area contributed by atoms with E-state index in [9.17, 15) is 4.79 Å². The van der Waals surface area contributed by atoms with Crippen LogP contribution in [0.3, 0.4) is 0 Å². The van der Waals surface area contributed by atoms with Crippen LogP contribution >= 0.6 is 0 Å². The van der Waals surface area contributed by atoms with Gasteiger partial charge in [0.2, 0.25) is 5.95 Å². The zero-order valence-corrected chi connectivity index (χ0v) is 11.3. The molecule has 0 bridgehead atoms. The molecule has 0 aliphatic carbocycles. The number of nitrogens with one attached hydrogen (secondary N) is 2. The van der Waals surface area contributed by atoms with Gasteiger partial charge in [0.1, 0.15) is 0 Å². The zero-order chi connectivity index (χ0) is 13.8. The van der Waals surface area contributed by atoms with Crippen LogP contribution in [0.25, 0.3) is 5.65 Å². The first kappa shape index (κ1) is 13.1. The van der Waals surface area contributed by atoms with Gasteiger partial charge in [-0.15, -0.1) is 5.10 Å². The Morgan fingerprint density at radius 1 is 1.42 bits per heavy atom. The molecule has 0 saturated carbocycles. The van der Waals surface area contributed by atoms with Gasteiger partial charge in [0.15, 0.2) is 5.65 Å². The summed E-state index contributed by atoms with van der Waals surface area (Å²) in [6.45, 7) is 3.09. The quantitative estimate of drug-likeness (QED) is 0.796. The number of hydrogen-bond donors (Lipinski definition) is 2. The molecule has 0 spiro atoms. The summed E-state index contributed by atoms with van der Waals surface area (Å²) in [5.74, 6) is 0.563. The summed E-state index contributed by atoms with van der Waals surface area (Å²) >= 11 is 0. The van der Waals surface area contributed by atoms with Gasteiger partial charge in [-0.2, -0.15) is 4.98 Å². The predicted octanol–water partition coefficient (Wildman–Crippen LogP) is 0.721. The molecule has 102 valence electrons. The number of aryl methyl sites for hydroxylation is 1. The minimum atomic E-state index is -0.111. The van der Waals surface area contributed by atoms with Gasteiger partial charge in [-0.25, -0.2) is 9.31 Å². The Kier molecular flexibility index (Phi) is 3.84. The average molecular weight is 262 g/mol. The molecule has 2 amide bonds. The summed E-state index contributed by atoms with van der Waals surface area (Å²) in [5.41, 5.74) is 1.91. The topological polar surface area (TPSA) is 74.6 Å². The van der Waals surface area contributed by atoms with E-state index < -0.39 is 0 Å². The molecule has 2 heterocycles. The van der Waals surface area contributed by atoms with Crippen molar-refractivity contribution in [1.29, 1.82) is 0 Å². The maximum absolute atomic E-state index is 11.3. The van der Waals surface area contributed by atoms with Crippen molar-refractivity contribution in [2.24, 2.45) is 0 Å². The third kappa shape index (κ3) is 3.12. The average Bonchev–Trinajstić information content (AvgIpc) is 2.78. The standard InChI is InChI=1S/C12H18N6O/c1-9-5-4-8-18-10(9)15-11(16-18)13-6-7-14-12(19)17(2)3/h4-5,8H,6-7H2,1-3H3,(H,13,16)(H,14,19). The maximum Gasteiger partial charge on any atom is 0.316 e. The summed E-state index contributed by atoms with van der Waals surface area (Å²) in [7, 11) is 3.41. The Bertz CT molecular complexity index is 577. The van der Waals surface area contributed by atoms with Crippen LogP contribution in [0.1, 0.15) is 5.56 Å². The summed E-state index contributed by atoms with van der Waals surface area (Å²) in [6, 6.07) is 3.81. The van der Waals surface area contributed by atoms with Crippen LogP contribution in [0.5, 0.6) is 0 Å². The normalized spacial score (nSPS) is 10.5. The van der Waals surface area contributed by atoms with Crippen LogP contribution in [0.2, 0.25) is 0 Å². The highest BCUT2D eigenvalue weighted by Crippen LogP contribution is 2.09. The first-order valence-corrected chi connectivity index (χ1v) is 6.09. The van der Waals surface area contributed by atoms with Crippen molar-refractivity contribution >= 4 is 17.6 Å². The van der Waals surface area contributed by atoms with Crippen molar-refractivity contribution < 1.29 is 4.79 Å². The monoisotopic (exact) mass is 262 g/mol. The van der Waals surface area contributed by atoms with Crippen LogP contribution in [-0.2, 0) is 0 Å². The molecule has 0 aliphatic heterocycles. The fourth-order valence-electron chi connectivity index (χ4n) is 1.62. The fourth-order valence-corrected chi connectivity index (χ4v) is 1.62. The Labute approximate surface area is 111 Å². The van der Waals surface area contributed by atoms with Crippen molar-refractivity contribution in [3.05, 3.63) is 23.9 Å². The Balaban J connectivity index is 1.88. The van der Waals surface area contributed by atoms with Gasteiger partial charge in [-0.3, -0.25) is 0 Å². The van der Waals surface area contributed by atoms with Gasteiger partial charge in [0.25, 0.3) is 0 Å². The minimum absolute atomic E-state index is 0.111. The molecule has 0 fully saturated rings. The van der Waals surface area contributed by atoms with Gasteiger partial charge in [0.05, 0.1) is 0 Å². The highest BCUT2D eigenvalue weighted by atomic mass is 16.2. The van der Waals surface area contributed by atoms with E-state index in [1.807, 2.05) is 25.3 Å². The molecule has 19 heavy (non-hydrogen) atoms. The summed E-state index contributed by atoms with van der Waals surface area (Å²) in [4.78, 5) is 17.2. The van der Waals surface area contributed by atoms with E-state index in [1.165, 1.54) is 4.90 Å². The van der Waals surface area contributed by atoms with Crippen molar-refractivity contribution in [2.45, 2.75) is 6.92 Å². The van der Waals surface area contributed by atoms with E-state index in [1.54, 1.807) is 18.6 Å². The molecule has 7 nitrogen and oxygen atoms in total. The lowest BCUT2D eigenvalue weighted by atomic mass is 10.3. The lowest BCUT2D eigenvalue weighted by Gasteiger charge is -2.11. The number of fused-ring (bicyclic) bond motifs is 1. The number of rotatable bonds is 4. The first-order chi connectivity index (χ1) is 9.08. The molecule has 2 aromatic heterocycles. The van der Waals surface area contributed by atoms with Crippen LogP contribution in [0.15, 0.2) is 18.3 Å². The van der Waals surface area contributed by atoms with E-state index in [0.717, 1.165) is 11.2 Å². The fraction of sp³-hybridized carbons (Fsp3) is 0.417. The Morgan fingerprint density at radius 3 is 2.89 bits per heavy atom. The third-order valence-corrected chi connectivity index (χ3v) is 2.65. The molecule has 0 radical (unpaired) electrons. The van der Waals surface area contributed by atoms with Gasteiger partial charge >= 0.3 is 6.03 Å². The summed E-state index contributed by atoms with van der Waals surface area (Å²) in [6.07, 6.45) is 1.86. The maximum atomic E-state index is 11.3. The zero-order valence-electron chi connectivity index (χ0n) is 11.3. The van der Waals surface area contributed by atoms with Gasteiger partial charge in [-0.1, -0.05) is 6.07 Å². The summed E-state index contributed by atoms with van der Waals surface area (Å²) < 4.78 is 1.73. The largest absolute Gasteiger partial charge is 0.351 e. The van der Waals surface area contributed by atoms with Crippen molar-refractivity contribution in [3.63, 3.8) is 0 Å². The molecule has 2 aromatic rings. The van der Waals surface area contributed by atoms with Crippen LogP contribution in [-0.4, -0.2) is 52.7 Å². The van der Waals surface area contributed by atoms with Crippen LogP contribution in [0.4, 0.5) is 10.7 Å². The number of urea groups is 1. The number of anilines is 1. The Morgan fingerprint density at radius 2 is 2.21 bits per heavy atom. The molecule has 0 aromatic carbocycles. The highest BCUT2D eigenvalue weighted by Gasteiger charge is 2.05. The Hall–Kier alpha value is -2.31. The number of carbonyl (C=O) groups excluding carboxylic acids is 1. The molecule has 7 heteroatoms.